The molecule has 21 nitrogen and oxygen atoms in total. The first kappa shape index (κ1) is 31.5. The zero-order valence-electron chi connectivity index (χ0n) is 21.7. The first-order chi connectivity index (χ1) is 20.2. The number of anilines is 1. The molecule has 0 radical (unpaired) electrons. The van der Waals surface area contributed by atoms with Crippen LogP contribution in [0, 0.1) is 5.92 Å². The number of aliphatic hydroxyl groups is 4. The quantitative estimate of drug-likeness (QED) is 0.0998. The molecule has 236 valence electrons. The number of nitrogens with zero attached hydrogens (tertiary/aromatic N) is 5. The summed E-state index contributed by atoms with van der Waals surface area (Å²) in [5, 5.41) is 41.3. The average molecular weight is 651 g/mol. The predicted octanol–water partition coefficient (Wildman–Crippen LogP) is -3.24. The third-order valence-electron chi connectivity index (χ3n) is 6.90. The molecule has 0 spiro atoms. The number of rotatable bonds is 10. The van der Waals surface area contributed by atoms with Crippen molar-refractivity contribution in [2.24, 2.45) is 5.92 Å². The van der Waals surface area contributed by atoms with E-state index in [4.69, 9.17) is 19.7 Å². The number of aromatic nitrogens is 6. The number of fused-ring (bicyclic) bond motifs is 1. The molecule has 2 saturated heterocycles. The molecule has 5 heterocycles. The van der Waals surface area contributed by atoms with E-state index in [0.29, 0.717) is 0 Å². The Morgan fingerprint density at radius 2 is 1.70 bits per heavy atom. The van der Waals surface area contributed by atoms with Crippen molar-refractivity contribution in [2.75, 3.05) is 25.1 Å². The van der Waals surface area contributed by atoms with Crippen LogP contribution in [0.15, 0.2) is 34.5 Å². The molecule has 10 atom stereocenters. The lowest BCUT2D eigenvalue weighted by atomic mass is 10.0. The van der Waals surface area contributed by atoms with Gasteiger partial charge in [0.1, 0.15) is 36.3 Å². The normalized spacial score (nSPS) is 32.1. The molecule has 3 aromatic rings. The van der Waals surface area contributed by atoms with E-state index in [1.165, 1.54) is 10.9 Å². The smallest absolute Gasteiger partial charge is 0.394 e. The topological polar surface area (TPSA) is 317 Å². The number of hydrogen-bond donors (Lipinski definition) is 8. The minimum atomic E-state index is -5.35. The van der Waals surface area contributed by atoms with E-state index in [9.17, 15) is 48.9 Å². The van der Waals surface area contributed by atoms with E-state index in [1.54, 1.807) is 0 Å². The van der Waals surface area contributed by atoms with E-state index in [-0.39, 0.29) is 17.0 Å². The summed E-state index contributed by atoms with van der Waals surface area (Å²) in [5.74, 6) is -1.34. The summed E-state index contributed by atoms with van der Waals surface area (Å²) >= 11 is 0. The van der Waals surface area contributed by atoms with Crippen molar-refractivity contribution < 1.29 is 57.7 Å². The Morgan fingerprint density at radius 1 is 1.00 bits per heavy atom. The standard InChI is InChI=1S/C20H27N7O14P2/c21-16-12-17(23-6-22-16)27(7-24-12)19-15(32)14(31)10(40-19)4-38-43(36,37)41-42(34,35)5-8-9(3-28)39-18(13(8)30)26-2-1-11(29)25-20(26)33/h1-2,6-10,13-15,18-19,28,30-32H,3-5H2,(H,34,35)(H,36,37)(H2,21,22,23)(H,25,29,33)/t8-,9-,10-,13-,14-,15-,18-,19-/m1/s1. The van der Waals surface area contributed by atoms with E-state index in [1.807, 2.05) is 4.98 Å². The number of nitrogens with two attached hydrogens (primary N) is 1. The van der Waals surface area contributed by atoms with Crippen molar-refractivity contribution in [2.45, 2.75) is 43.0 Å². The van der Waals surface area contributed by atoms with E-state index >= 15 is 0 Å². The summed E-state index contributed by atoms with van der Waals surface area (Å²) in [4.78, 5) is 57.8. The van der Waals surface area contributed by atoms with E-state index in [0.717, 1.165) is 23.2 Å². The van der Waals surface area contributed by atoms with Crippen LogP contribution in [-0.2, 0) is 27.4 Å². The summed E-state index contributed by atoms with van der Waals surface area (Å²) in [5.41, 5.74) is 4.41. The second kappa shape index (κ2) is 11.9. The Morgan fingerprint density at radius 3 is 2.40 bits per heavy atom. The van der Waals surface area contributed by atoms with Gasteiger partial charge in [-0.2, -0.15) is 0 Å². The molecular formula is C20H27N7O14P2. The Labute approximate surface area is 239 Å². The van der Waals surface area contributed by atoms with Gasteiger partial charge in [0.2, 0.25) is 0 Å². The largest absolute Gasteiger partial charge is 0.479 e. The second-order valence-electron chi connectivity index (χ2n) is 9.71. The van der Waals surface area contributed by atoms with Crippen LogP contribution in [0.25, 0.3) is 11.2 Å². The number of aromatic amines is 1. The summed E-state index contributed by atoms with van der Waals surface area (Å²) in [6, 6.07) is 0.965. The van der Waals surface area contributed by atoms with Crippen LogP contribution < -0.4 is 17.0 Å². The van der Waals surface area contributed by atoms with Crippen molar-refractivity contribution in [3.8, 4) is 0 Å². The number of H-pyrrole nitrogens is 1. The Kier molecular flexibility index (Phi) is 8.71. The maximum absolute atomic E-state index is 12.8. The molecule has 5 rings (SSSR count). The maximum Gasteiger partial charge on any atom is 0.479 e. The van der Waals surface area contributed by atoms with Gasteiger partial charge in [0.05, 0.1) is 31.8 Å². The molecular weight excluding hydrogens is 624 g/mol. The van der Waals surface area contributed by atoms with Gasteiger partial charge < -0.3 is 45.4 Å². The Balaban J connectivity index is 1.23. The summed E-state index contributed by atoms with van der Waals surface area (Å²) in [6.45, 7) is -1.67. The van der Waals surface area contributed by atoms with Crippen molar-refractivity contribution in [1.82, 2.24) is 29.1 Å². The third kappa shape index (κ3) is 6.34. The average Bonchev–Trinajstić information content (AvgIpc) is 3.57. The van der Waals surface area contributed by atoms with Crippen LogP contribution in [-0.4, -0.2) is 109 Å². The van der Waals surface area contributed by atoms with Gasteiger partial charge >= 0.3 is 21.1 Å². The lowest BCUT2D eigenvalue weighted by molar-refractivity contribution is -0.0534. The summed E-state index contributed by atoms with van der Waals surface area (Å²) in [6.07, 6.45) is -8.12. The fraction of sp³-hybridized carbons (Fsp3) is 0.550. The zero-order chi connectivity index (χ0) is 31.3. The molecule has 2 fully saturated rings. The van der Waals surface area contributed by atoms with Crippen LogP contribution in [0.5, 0.6) is 0 Å². The molecule has 0 bridgehead atoms. The second-order valence-corrected chi connectivity index (χ2v) is 13.2. The van der Waals surface area contributed by atoms with E-state index < -0.39 is 94.9 Å². The molecule has 0 amide bonds. The number of phosphoric ester groups is 1. The Hall–Kier alpha value is -2.91. The third-order valence-corrected chi connectivity index (χ3v) is 10.1. The highest BCUT2D eigenvalue weighted by Gasteiger charge is 2.50. The molecule has 2 aliphatic rings. The first-order valence-corrected chi connectivity index (χ1v) is 15.7. The van der Waals surface area contributed by atoms with Gasteiger partial charge in [0, 0.05) is 18.2 Å². The molecule has 9 N–H and O–H groups in total. The van der Waals surface area contributed by atoms with Gasteiger partial charge in [-0.25, -0.2) is 28.6 Å². The number of hydrogen-bond acceptors (Lipinski definition) is 16. The highest BCUT2D eigenvalue weighted by Crippen LogP contribution is 2.61. The lowest BCUT2D eigenvalue weighted by Gasteiger charge is -2.23. The number of imidazole rings is 1. The first-order valence-electron chi connectivity index (χ1n) is 12.4. The van der Waals surface area contributed by atoms with Gasteiger partial charge in [0.15, 0.2) is 23.9 Å². The number of ether oxygens (including phenoxy) is 2. The van der Waals surface area contributed by atoms with Gasteiger partial charge in [0.25, 0.3) is 5.56 Å². The molecule has 0 aliphatic carbocycles. The van der Waals surface area contributed by atoms with Gasteiger partial charge in [-0.05, 0) is 0 Å². The number of nitrogens with one attached hydrogen (secondary N) is 1. The predicted molar refractivity (Wildman–Crippen MR) is 139 cm³/mol. The summed E-state index contributed by atoms with van der Waals surface area (Å²) in [7, 11) is -10.4. The number of aliphatic hydroxyl groups excluding tert-OH is 4. The van der Waals surface area contributed by atoms with Gasteiger partial charge in [-0.1, -0.05) is 0 Å². The van der Waals surface area contributed by atoms with Crippen LogP contribution in [0.1, 0.15) is 12.5 Å². The van der Waals surface area contributed by atoms with Crippen LogP contribution >= 0.6 is 15.4 Å². The van der Waals surface area contributed by atoms with Crippen molar-refractivity contribution in [3.63, 3.8) is 0 Å². The summed E-state index contributed by atoms with van der Waals surface area (Å²) < 4.78 is 47.7. The molecule has 2 aliphatic heterocycles. The molecule has 23 heteroatoms. The monoisotopic (exact) mass is 651 g/mol. The molecule has 0 aromatic carbocycles. The molecule has 2 unspecified atom stereocenters. The number of phosphoric acid groups is 1. The fourth-order valence-corrected chi connectivity index (χ4v) is 7.92. The molecule has 3 aromatic heterocycles. The number of nitrogen functional groups attached to an aromatic ring is 1. The van der Waals surface area contributed by atoms with E-state index in [2.05, 4.69) is 19.3 Å². The fourth-order valence-electron chi connectivity index (χ4n) is 4.86. The van der Waals surface area contributed by atoms with Gasteiger partial charge in [-0.15, -0.1) is 0 Å². The highest BCUT2D eigenvalue weighted by atomic mass is 31.3. The van der Waals surface area contributed by atoms with Crippen molar-refractivity contribution in [3.05, 3.63) is 45.8 Å². The highest BCUT2D eigenvalue weighted by molar-refractivity contribution is 7.64. The maximum atomic E-state index is 12.8. The van der Waals surface area contributed by atoms with Crippen LogP contribution in [0.2, 0.25) is 0 Å². The SMILES string of the molecule is Nc1ncnc2c1ncn2[C@@H]1O[C@H](COP(=O)(O)OP(=O)(O)C[C@H]2[C@@H](O)[C@H](n3ccc(=O)[nH]c3=O)O[C@@H]2CO)[C@@H](O)[C@H]1O. The minimum absolute atomic E-state index is 0.0475. The van der Waals surface area contributed by atoms with Crippen molar-refractivity contribution >= 4 is 32.4 Å². The molecule has 0 saturated carbocycles. The molecule has 43 heavy (non-hydrogen) atoms. The van der Waals surface area contributed by atoms with Crippen molar-refractivity contribution in [1.29, 1.82) is 0 Å². The minimum Gasteiger partial charge on any atom is -0.394 e. The van der Waals surface area contributed by atoms with Gasteiger partial charge in [-0.3, -0.25) is 28.0 Å². The zero-order valence-corrected chi connectivity index (χ0v) is 23.5. The Bertz CT molecular complexity index is 1700. The lowest BCUT2D eigenvalue weighted by Crippen LogP contribution is -2.36. The van der Waals surface area contributed by atoms with Crippen LogP contribution in [0.3, 0.4) is 0 Å². The van der Waals surface area contributed by atoms with Crippen LogP contribution in [0.4, 0.5) is 5.82 Å².